The molecule has 1 aromatic carbocycles. The zero-order valence-corrected chi connectivity index (χ0v) is 6.90. The highest BCUT2D eigenvalue weighted by molar-refractivity contribution is 5.66. The second kappa shape index (κ2) is 4.47. The van der Waals surface area contributed by atoms with E-state index in [1.54, 1.807) is 24.3 Å². The molecule has 1 aromatic rings. The van der Waals surface area contributed by atoms with Crippen LogP contribution in [0.2, 0.25) is 0 Å². The SMILES string of the molecule is O=C([O-])COc1ccc(CO)cc1. The first kappa shape index (κ1) is 9.54. The van der Waals surface area contributed by atoms with Crippen LogP contribution in [0.3, 0.4) is 0 Å². The van der Waals surface area contributed by atoms with Crippen molar-refractivity contribution in [1.82, 2.24) is 0 Å². The highest BCUT2D eigenvalue weighted by atomic mass is 16.5. The van der Waals surface area contributed by atoms with E-state index in [1.807, 2.05) is 0 Å². The molecule has 0 bridgehead atoms. The Bertz CT molecular complexity index is 278. The topological polar surface area (TPSA) is 69.6 Å². The average Bonchev–Trinajstić information content (AvgIpc) is 2.15. The standard InChI is InChI=1S/C9H10O4/c10-5-7-1-3-8(4-2-7)13-6-9(11)12/h1-4,10H,5-6H2,(H,11,12)/p-1. The molecule has 0 saturated heterocycles. The molecule has 0 spiro atoms. The molecule has 4 nitrogen and oxygen atoms in total. The highest BCUT2D eigenvalue weighted by Crippen LogP contribution is 2.11. The Hall–Kier alpha value is -1.55. The van der Waals surface area contributed by atoms with Gasteiger partial charge in [-0.15, -0.1) is 0 Å². The van der Waals surface area contributed by atoms with E-state index in [2.05, 4.69) is 0 Å². The second-order valence-corrected chi connectivity index (χ2v) is 2.46. The lowest BCUT2D eigenvalue weighted by molar-refractivity contribution is -0.307. The number of hydrogen-bond acceptors (Lipinski definition) is 4. The highest BCUT2D eigenvalue weighted by Gasteiger charge is 1.93. The van der Waals surface area contributed by atoms with E-state index in [1.165, 1.54) is 0 Å². The van der Waals surface area contributed by atoms with Crippen molar-refractivity contribution in [2.75, 3.05) is 6.61 Å². The third-order valence-electron chi connectivity index (χ3n) is 1.46. The normalized spacial score (nSPS) is 9.62. The van der Waals surface area contributed by atoms with Crippen LogP contribution in [0.5, 0.6) is 5.75 Å². The Labute approximate surface area is 75.4 Å². The molecular formula is C9H9O4-. The van der Waals surface area contributed by atoms with Gasteiger partial charge < -0.3 is 19.7 Å². The molecule has 0 fully saturated rings. The minimum absolute atomic E-state index is 0.0409. The van der Waals surface area contributed by atoms with E-state index in [0.29, 0.717) is 5.75 Å². The molecule has 0 aliphatic carbocycles. The Morgan fingerprint density at radius 2 is 2.00 bits per heavy atom. The lowest BCUT2D eigenvalue weighted by atomic mass is 10.2. The number of aliphatic hydroxyl groups is 1. The summed E-state index contributed by atoms with van der Waals surface area (Å²) < 4.78 is 4.82. The molecule has 0 saturated carbocycles. The predicted octanol–water partition coefficient (Wildman–Crippen LogP) is -0.692. The quantitative estimate of drug-likeness (QED) is 0.667. The molecule has 4 heteroatoms. The minimum Gasteiger partial charge on any atom is -0.546 e. The summed E-state index contributed by atoms with van der Waals surface area (Å²) in [6.07, 6.45) is 0. The fourth-order valence-corrected chi connectivity index (χ4v) is 0.833. The van der Waals surface area contributed by atoms with Crippen LogP contribution >= 0.6 is 0 Å². The average molecular weight is 181 g/mol. The number of hydrogen-bond donors (Lipinski definition) is 1. The van der Waals surface area contributed by atoms with E-state index < -0.39 is 12.6 Å². The Morgan fingerprint density at radius 1 is 1.38 bits per heavy atom. The van der Waals surface area contributed by atoms with Gasteiger partial charge in [0.25, 0.3) is 0 Å². The largest absolute Gasteiger partial charge is 0.546 e. The fourth-order valence-electron chi connectivity index (χ4n) is 0.833. The van der Waals surface area contributed by atoms with Gasteiger partial charge in [-0.25, -0.2) is 0 Å². The first-order valence-corrected chi connectivity index (χ1v) is 3.75. The zero-order valence-electron chi connectivity index (χ0n) is 6.90. The summed E-state index contributed by atoms with van der Waals surface area (Å²) in [7, 11) is 0. The third-order valence-corrected chi connectivity index (χ3v) is 1.46. The van der Waals surface area contributed by atoms with Gasteiger partial charge in [-0.1, -0.05) is 12.1 Å². The summed E-state index contributed by atoms with van der Waals surface area (Å²) in [5.41, 5.74) is 0.751. The number of aliphatic carboxylic acids is 1. The maximum absolute atomic E-state index is 10.0. The van der Waals surface area contributed by atoms with E-state index in [4.69, 9.17) is 9.84 Å². The lowest BCUT2D eigenvalue weighted by Gasteiger charge is -2.06. The van der Waals surface area contributed by atoms with Gasteiger partial charge in [0.15, 0.2) is 0 Å². The first-order valence-electron chi connectivity index (χ1n) is 3.75. The molecule has 1 N–H and O–H groups in total. The molecule has 0 atom stereocenters. The summed E-state index contributed by atoms with van der Waals surface area (Å²) in [5, 5.41) is 18.7. The van der Waals surface area contributed by atoms with E-state index in [0.717, 1.165) is 5.56 Å². The molecule has 0 aliphatic heterocycles. The van der Waals surface area contributed by atoms with Crippen molar-refractivity contribution in [1.29, 1.82) is 0 Å². The number of aliphatic hydroxyl groups excluding tert-OH is 1. The van der Waals surface area contributed by atoms with Crippen LogP contribution in [-0.2, 0) is 11.4 Å². The minimum atomic E-state index is -1.26. The molecule has 0 aromatic heterocycles. The fraction of sp³-hybridized carbons (Fsp3) is 0.222. The van der Waals surface area contributed by atoms with Crippen LogP contribution in [-0.4, -0.2) is 17.7 Å². The molecule has 70 valence electrons. The molecule has 0 radical (unpaired) electrons. The molecule has 13 heavy (non-hydrogen) atoms. The number of rotatable bonds is 4. The van der Waals surface area contributed by atoms with Crippen LogP contribution in [0, 0.1) is 0 Å². The van der Waals surface area contributed by atoms with Crippen LogP contribution in [0.25, 0.3) is 0 Å². The monoisotopic (exact) mass is 181 g/mol. The van der Waals surface area contributed by atoms with Gasteiger partial charge in [0, 0.05) is 0 Å². The van der Waals surface area contributed by atoms with Gasteiger partial charge in [-0.3, -0.25) is 0 Å². The van der Waals surface area contributed by atoms with E-state index >= 15 is 0 Å². The Balaban J connectivity index is 2.54. The molecule has 1 rings (SSSR count). The van der Waals surface area contributed by atoms with Gasteiger partial charge >= 0.3 is 0 Å². The third kappa shape index (κ3) is 3.13. The number of carboxylic acid groups (broad SMARTS) is 1. The number of carbonyl (C=O) groups is 1. The molecule has 0 unspecified atom stereocenters. The van der Waals surface area contributed by atoms with Gasteiger partial charge in [0.05, 0.1) is 12.6 Å². The number of carboxylic acids is 1. The predicted molar refractivity (Wildman–Crippen MR) is 42.9 cm³/mol. The maximum atomic E-state index is 10.0. The van der Waals surface area contributed by atoms with Gasteiger partial charge in [0.2, 0.25) is 0 Å². The molecule has 0 amide bonds. The van der Waals surface area contributed by atoms with Crippen LogP contribution in [0.1, 0.15) is 5.56 Å². The van der Waals surface area contributed by atoms with Gasteiger partial charge in [-0.2, -0.15) is 0 Å². The Morgan fingerprint density at radius 3 is 2.46 bits per heavy atom. The summed E-state index contributed by atoms with van der Waals surface area (Å²) >= 11 is 0. The first-order chi connectivity index (χ1) is 6.22. The van der Waals surface area contributed by atoms with Crippen molar-refractivity contribution < 1.29 is 19.7 Å². The molecular weight excluding hydrogens is 172 g/mol. The lowest BCUT2D eigenvalue weighted by Crippen LogP contribution is -2.28. The summed E-state index contributed by atoms with van der Waals surface area (Å²) in [4.78, 5) is 10.0. The summed E-state index contributed by atoms with van der Waals surface area (Å²) in [6.45, 7) is -0.501. The summed E-state index contributed by atoms with van der Waals surface area (Å²) in [6, 6.07) is 6.50. The van der Waals surface area contributed by atoms with Crippen LogP contribution < -0.4 is 9.84 Å². The zero-order chi connectivity index (χ0) is 9.68. The van der Waals surface area contributed by atoms with Crippen molar-refractivity contribution in [2.24, 2.45) is 0 Å². The van der Waals surface area contributed by atoms with E-state index in [-0.39, 0.29) is 6.61 Å². The number of benzene rings is 1. The van der Waals surface area contributed by atoms with Gasteiger partial charge in [0.1, 0.15) is 12.4 Å². The Kier molecular flexibility index (Phi) is 3.28. The number of carbonyl (C=O) groups excluding carboxylic acids is 1. The van der Waals surface area contributed by atoms with Crippen molar-refractivity contribution >= 4 is 5.97 Å². The maximum Gasteiger partial charge on any atom is 0.128 e. The van der Waals surface area contributed by atoms with Crippen molar-refractivity contribution in [3.05, 3.63) is 29.8 Å². The second-order valence-electron chi connectivity index (χ2n) is 2.46. The smallest absolute Gasteiger partial charge is 0.128 e. The van der Waals surface area contributed by atoms with Crippen molar-refractivity contribution in [3.8, 4) is 5.75 Å². The molecule has 0 heterocycles. The molecule has 0 aliphatic rings. The van der Waals surface area contributed by atoms with Gasteiger partial charge in [-0.05, 0) is 17.7 Å². The van der Waals surface area contributed by atoms with Crippen LogP contribution in [0.15, 0.2) is 24.3 Å². The van der Waals surface area contributed by atoms with Crippen LogP contribution in [0.4, 0.5) is 0 Å². The number of ether oxygens (including phenoxy) is 1. The van der Waals surface area contributed by atoms with Crippen molar-refractivity contribution in [2.45, 2.75) is 6.61 Å². The summed E-state index contributed by atoms with van der Waals surface area (Å²) in [5.74, 6) is -0.812. The van der Waals surface area contributed by atoms with Crippen molar-refractivity contribution in [3.63, 3.8) is 0 Å². The van der Waals surface area contributed by atoms with E-state index in [9.17, 15) is 9.90 Å².